The SMILES string of the molecule is Cc1cc(C(=N)c2cnc(NC(=O)N[C@H](C)c3ccccc3)cc2C)no1. The first-order valence-electron chi connectivity index (χ1n) is 8.55. The minimum atomic E-state index is -0.340. The number of hydrogen-bond acceptors (Lipinski definition) is 5. The number of nitrogens with zero attached hydrogens (tertiary/aromatic N) is 2. The Balaban J connectivity index is 1.67. The van der Waals surface area contributed by atoms with Crippen molar-refractivity contribution in [1.82, 2.24) is 15.5 Å². The van der Waals surface area contributed by atoms with Crippen molar-refractivity contribution >= 4 is 17.6 Å². The summed E-state index contributed by atoms with van der Waals surface area (Å²) in [5, 5.41) is 17.7. The Morgan fingerprint density at radius 2 is 1.93 bits per heavy atom. The standard InChI is InChI=1S/C20H21N5O2/c1-12-9-18(22-11-16(12)19(21)17-10-13(2)27-25-17)24-20(26)23-14(3)15-7-5-4-6-8-15/h4-11,14,21H,1-3H3,(H2,22,23,24,26)/t14-/m1/s1. The normalized spacial score (nSPS) is 11.7. The maximum atomic E-state index is 12.2. The van der Waals surface area contributed by atoms with Gasteiger partial charge in [-0.3, -0.25) is 10.7 Å². The minimum absolute atomic E-state index is 0.129. The van der Waals surface area contributed by atoms with Crippen molar-refractivity contribution in [3.05, 3.63) is 76.8 Å². The molecule has 2 amide bonds. The van der Waals surface area contributed by atoms with Gasteiger partial charge in [0.25, 0.3) is 0 Å². The van der Waals surface area contributed by atoms with Crippen LogP contribution >= 0.6 is 0 Å². The van der Waals surface area contributed by atoms with Crippen molar-refractivity contribution in [2.45, 2.75) is 26.8 Å². The number of aromatic nitrogens is 2. The van der Waals surface area contributed by atoms with Gasteiger partial charge in [-0.05, 0) is 38.0 Å². The Bertz CT molecular complexity index is 966. The van der Waals surface area contributed by atoms with Crippen molar-refractivity contribution in [2.24, 2.45) is 0 Å². The molecule has 0 aliphatic rings. The van der Waals surface area contributed by atoms with Crippen molar-refractivity contribution in [1.29, 1.82) is 5.41 Å². The molecule has 0 unspecified atom stereocenters. The molecule has 7 nitrogen and oxygen atoms in total. The van der Waals surface area contributed by atoms with Crippen LogP contribution in [0.2, 0.25) is 0 Å². The van der Waals surface area contributed by atoms with Crippen molar-refractivity contribution < 1.29 is 9.32 Å². The molecule has 1 aromatic carbocycles. The maximum Gasteiger partial charge on any atom is 0.320 e. The van der Waals surface area contributed by atoms with Gasteiger partial charge in [0.1, 0.15) is 17.3 Å². The summed E-state index contributed by atoms with van der Waals surface area (Å²) in [5.74, 6) is 1.06. The third kappa shape index (κ3) is 4.38. The van der Waals surface area contributed by atoms with Crippen LogP contribution < -0.4 is 10.6 Å². The van der Waals surface area contributed by atoms with Crippen LogP contribution in [-0.2, 0) is 0 Å². The second-order valence-electron chi connectivity index (χ2n) is 6.31. The molecule has 0 fully saturated rings. The van der Waals surface area contributed by atoms with E-state index in [2.05, 4.69) is 20.8 Å². The number of rotatable bonds is 5. The van der Waals surface area contributed by atoms with E-state index in [1.807, 2.05) is 44.2 Å². The molecular weight excluding hydrogens is 342 g/mol. The molecule has 0 aliphatic carbocycles. The molecule has 3 N–H and O–H groups in total. The number of nitrogens with one attached hydrogen (secondary N) is 3. The van der Waals surface area contributed by atoms with E-state index < -0.39 is 0 Å². The van der Waals surface area contributed by atoms with E-state index in [1.165, 1.54) is 0 Å². The highest BCUT2D eigenvalue weighted by atomic mass is 16.5. The number of aryl methyl sites for hydroxylation is 2. The van der Waals surface area contributed by atoms with Crippen LogP contribution in [0.5, 0.6) is 0 Å². The van der Waals surface area contributed by atoms with Crippen LogP contribution in [0, 0.1) is 19.3 Å². The fourth-order valence-electron chi connectivity index (χ4n) is 2.68. The number of anilines is 1. The van der Waals surface area contributed by atoms with Gasteiger partial charge in [-0.2, -0.15) is 0 Å². The molecule has 0 aliphatic heterocycles. The lowest BCUT2D eigenvalue weighted by molar-refractivity contribution is 0.249. The van der Waals surface area contributed by atoms with Gasteiger partial charge in [0, 0.05) is 17.8 Å². The van der Waals surface area contributed by atoms with E-state index in [0.717, 1.165) is 11.1 Å². The first kappa shape index (κ1) is 18.3. The highest BCUT2D eigenvalue weighted by Crippen LogP contribution is 2.17. The van der Waals surface area contributed by atoms with E-state index in [1.54, 1.807) is 25.3 Å². The van der Waals surface area contributed by atoms with Gasteiger partial charge in [-0.15, -0.1) is 0 Å². The molecule has 0 spiro atoms. The Labute approximate surface area is 157 Å². The summed E-state index contributed by atoms with van der Waals surface area (Å²) >= 11 is 0. The first-order chi connectivity index (χ1) is 12.9. The molecule has 0 saturated heterocycles. The van der Waals surface area contributed by atoms with E-state index in [0.29, 0.717) is 22.8 Å². The van der Waals surface area contributed by atoms with Crippen molar-refractivity contribution in [3.63, 3.8) is 0 Å². The summed E-state index contributed by atoms with van der Waals surface area (Å²) in [7, 11) is 0. The quantitative estimate of drug-likeness (QED) is 0.596. The lowest BCUT2D eigenvalue weighted by atomic mass is 10.0. The number of benzene rings is 1. The predicted octanol–water partition coefficient (Wildman–Crippen LogP) is 3.99. The summed E-state index contributed by atoms with van der Waals surface area (Å²) in [4.78, 5) is 16.5. The van der Waals surface area contributed by atoms with Crippen LogP contribution in [0.4, 0.5) is 10.6 Å². The third-order valence-corrected chi connectivity index (χ3v) is 4.15. The van der Waals surface area contributed by atoms with Gasteiger partial charge >= 0.3 is 6.03 Å². The Morgan fingerprint density at radius 1 is 1.19 bits per heavy atom. The van der Waals surface area contributed by atoms with Gasteiger partial charge in [0.2, 0.25) is 0 Å². The fraction of sp³-hybridized carbons (Fsp3) is 0.200. The molecule has 7 heteroatoms. The molecule has 138 valence electrons. The molecule has 2 aromatic heterocycles. The molecule has 27 heavy (non-hydrogen) atoms. The zero-order valence-electron chi connectivity index (χ0n) is 15.4. The van der Waals surface area contributed by atoms with E-state index in [-0.39, 0.29) is 17.8 Å². The second kappa shape index (κ2) is 7.82. The van der Waals surface area contributed by atoms with Gasteiger partial charge < -0.3 is 9.84 Å². The molecular formula is C20H21N5O2. The second-order valence-corrected chi connectivity index (χ2v) is 6.31. The average molecular weight is 363 g/mol. The monoisotopic (exact) mass is 363 g/mol. The fourth-order valence-corrected chi connectivity index (χ4v) is 2.68. The zero-order valence-corrected chi connectivity index (χ0v) is 15.4. The summed E-state index contributed by atoms with van der Waals surface area (Å²) < 4.78 is 5.02. The Hall–Kier alpha value is -3.48. The number of hydrogen-bond donors (Lipinski definition) is 3. The van der Waals surface area contributed by atoms with Crippen LogP contribution in [0.25, 0.3) is 0 Å². The predicted molar refractivity (Wildman–Crippen MR) is 103 cm³/mol. The van der Waals surface area contributed by atoms with E-state index in [9.17, 15) is 4.79 Å². The molecule has 0 saturated carbocycles. The van der Waals surface area contributed by atoms with Gasteiger partial charge in [0.15, 0.2) is 0 Å². The molecule has 2 heterocycles. The lowest BCUT2D eigenvalue weighted by Crippen LogP contribution is -2.31. The number of carbonyl (C=O) groups excluding carboxylic acids is 1. The molecule has 0 bridgehead atoms. The van der Waals surface area contributed by atoms with Crippen molar-refractivity contribution in [2.75, 3.05) is 5.32 Å². The smallest absolute Gasteiger partial charge is 0.320 e. The zero-order chi connectivity index (χ0) is 19.4. The number of carbonyl (C=O) groups is 1. The molecule has 3 rings (SSSR count). The van der Waals surface area contributed by atoms with Gasteiger partial charge in [-0.25, -0.2) is 9.78 Å². The Kier molecular flexibility index (Phi) is 5.30. The average Bonchev–Trinajstić information content (AvgIpc) is 3.08. The highest BCUT2D eigenvalue weighted by Gasteiger charge is 2.14. The van der Waals surface area contributed by atoms with E-state index in [4.69, 9.17) is 9.93 Å². The van der Waals surface area contributed by atoms with Crippen LogP contribution in [0.3, 0.4) is 0 Å². The highest BCUT2D eigenvalue weighted by molar-refractivity contribution is 6.10. The Morgan fingerprint density at radius 3 is 2.56 bits per heavy atom. The number of amides is 2. The van der Waals surface area contributed by atoms with E-state index >= 15 is 0 Å². The number of urea groups is 1. The first-order valence-corrected chi connectivity index (χ1v) is 8.55. The summed E-state index contributed by atoms with van der Waals surface area (Å²) in [5.41, 5.74) is 3.13. The minimum Gasteiger partial charge on any atom is -0.361 e. The van der Waals surface area contributed by atoms with Crippen LogP contribution in [0.1, 0.15) is 41.1 Å². The third-order valence-electron chi connectivity index (χ3n) is 4.15. The maximum absolute atomic E-state index is 12.2. The summed E-state index contributed by atoms with van der Waals surface area (Å²) in [6, 6.07) is 12.7. The molecule has 1 atom stereocenters. The summed E-state index contributed by atoms with van der Waals surface area (Å²) in [6.45, 7) is 5.54. The number of pyridine rings is 1. The molecule has 0 radical (unpaired) electrons. The van der Waals surface area contributed by atoms with Gasteiger partial charge in [-0.1, -0.05) is 35.5 Å². The lowest BCUT2D eigenvalue weighted by Gasteiger charge is -2.15. The summed E-state index contributed by atoms with van der Waals surface area (Å²) in [6.07, 6.45) is 1.55. The van der Waals surface area contributed by atoms with Gasteiger partial charge in [0.05, 0.1) is 11.8 Å². The van der Waals surface area contributed by atoms with Crippen LogP contribution in [0.15, 0.2) is 53.2 Å². The van der Waals surface area contributed by atoms with Crippen molar-refractivity contribution in [3.8, 4) is 0 Å². The largest absolute Gasteiger partial charge is 0.361 e. The molecule has 3 aromatic rings. The van der Waals surface area contributed by atoms with Crippen LogP contribution in [-0.4, -0.2) is 21.9 Å². The topological polar surface area (TPSA) is 104 Å².